The molecule has 0 fully saturated rings. The number of pyridine rings is 2. The van der Waals surface area contributed by atoms with Crippen molar-refractivity contribution in [2.45, 2.75) is 19.1 Å². The quantitative estimate of drug-likeness (QED) is 0.399. The Morgan fingerprint density at radius 3 is 2.69 bits per heavy atom. The van der Waals surface area contributed by atoms with Crippen molar-refractivity contribution < 1.29 is 22.1 Å². The normalized spacial score (nSPS) is 12.1. The number of aryl methyl sites for hydroxylation is 1. The third kappa shape index (κ3) is 4.43. The zero-order chi connectivity index (χ0) is 22.8. The van der Waals surface area contributed by atoms with Crippen molar-refractivity contribution in [1.82, 2.24) is 9.97 Å². The number of benzene rings is 1. The predicted molar refractivity (Wildman–Crippen MR) is 116 cm³/mol. The van der Waals surface area contributed by atoms with E-state index in [1.165, 1.54) is 42.9 Å². The second kappa shape index (κ2) is 8.96. The molecule has 1 atom stereocenters. The molecule has 32 heavy (non-hydrogen) atoms. The van der Waals surface area contributed by atoms with Gasteiger partial charge in [0.05, 0.1) is 11.4 Å². The maximum absolute atomic E-state index is 14.8. The Kier molecular flexibility index (Phi) is 6.09. The van der Waals surface area contributed by atoms with Gasteiger partial charge in [0.15, 0.2) is 5.82 Å². The minimum atomic E-state index is -1.25. The molecular formula is C23H18F2N2O4S. The maximum Gasteiger partial charge on any atom is 0.340 e. The highest BCUT2D eigenvalue weighted by molar-refractivity contribution is 7.83. The molecule has 0 radical (unpaired) electrons. The summed E-state index contributed by atoms with van der Waals surface area (Å²) in [5.41, 5.74) is 0.921. The van der Waals surface area contributed by atoms with Crippen molar-refractivity contribution in [3.63, 3.8) is 0 Å². The number of hydrogen-bond donors (Lipinski definition) is 0. The minimum Gasteiger partial charge on any atom is -0.436 e. The zero-order valence-electron chi connectivity index (χ0n) is 17.2. The summed E-state index contributed by atoms with van der Waals surface area (Å²) >= 11 is 0. The van der Waals surface area contributed by atoms with Gasteiger partial charge in [-0.25, -0.2) is 18.6 Å². The van der Waals surface area contributed by atoms with Gasteiger partial charge in [-0.05, 0) is 48.4 Å². The lowest BCUT2D eigenvalue weighted by atomic mass is 9.99. The molecule has 6 nitrogen and oxygen atoms in total. The molecule has 0 aliphatic heterocycles. The lowest BCUT2D eigenvalue weighted by Gasteiger charge is -2.11. The van der Waals surface area contributed by atoms with Gasteiger partial charge in [-0.3, -0.25) is 9.19 Å². The second-order valence-corrected chi connectivity index (χ2v) is 8.60. The Hall–Kier alpha value is -3.46. The van der Waals surface area contributed by atoms with E-state index in [1.54, 1.807) is 19.1 Å². The van der Waals surface area contributed by atoms with Crippen molar-refractivity contribution in [2.24, 2.45) is 0 Å². The van der Waals surface area contributed by atoms with E-state index in [2.05, 4.69) is 9.97 Å². The van der Waals surface area contributed by atoms with Crippen LogP contribution in [0.1, 0.15) is 22.4 Å². The van der Waals surface area contributed by atoms with Crippen molar-refractivity contribution >= 4 is 21.8 Å². The number of rotatable bonds is 6. The van der Waals surface area contributed by atoms with Crippen LogP contribution in [0.2, 0.25) is 0 Å². The summed E-state index contributed by atoms with van der Waals surface area (Å²) in [6.07, 6.45) is 4.30. The molecule has 4 aromatic rings. The first-order valence-electron chi connectivity index (χ1n) is 9.60. The molecule has 3 aromatic heterocycles. The molecule has 0 aliphatic carbocycles. The van der Waals surface area contributed by atoms with Crippen LogP contribution in [0.3, 0.4) is 0 Å². The molecule has 0 amide bonds. The zero-order valence-corrected chi connectivity index (χ0v) is 18.0. The van der Waals surface area contributed by atoms with Gasteiger partial charge in [-0.2, -0.15) is 0 Å². The average molecular weight is 456 g/mol. The van der Waals surface area contributed by atoms with E-state index in [0.29, 0.717) is 16.5 Å². The van der Waals surface area contributed by atoms with E-state index in [9.17, 15) is 17.8 Å². The maximum atomic E-state index is 14.8. The largest absolute Gasteiger partial charge is 0.436 e. The van der Waals surface area contributed by atoms with E-state index in [1.807, 2.05) is 0 Å². The van der Waals surface area contributed by atoms with Crippen molar-refractivity contribution in [1.29, 1.82) is 0 Å². The van der Waals surface area contributed by atoms with Crippen molar-refractivity contribution in [3.8, 4) is 11.6 Å². The van der Waals surface area contributed by atoms with Gasteiger partial charge in [-0.1, -0.05) is 0 Å². The Morgan fingerprint density at radius 1 is 1.12 bits per heavy atom. The Labute approximate surface area is 184 Å². The summed E-state index contributed by atoms with van der Waals surface area (Å²) in [6, 6.07) is 8.92. The second-order valence-electron chi connectivity index (χ2n) is 7.17. The lowest BCUT2D eigenvalue weighted by molar-refractivity contribution is 0.422. The molecule has 0 spiro atoms. The highest BCUT2D eigenvalue weighted by Gasteiger charge is 2.17. The topological polar surface area (TPSA) is 82.3 Å². The number of hydrogen-bond acceptors (Lipinski definition) is 6. The van der Waals surface area contributed by atoms with Crippen LogP contribution < -0.4 is 10.4 Å². The molecule has 4 rings (SSSR count). The molecular weight excluding hydrogens is 438 g/mol. The highest BCUT2D eigenvalue weighted by Crippen LogP contribution is 2.28. The van der Waals surface area contributed by atoms with Crippen LogP contribution in [0, 0.1) is 18.6 Å². The predicted octanol–water partition coefficient (Wildman–Crippen LogP) is 4.43. The molecule has 1 unspecified atom stereocenters. The number of halogens is 2. The molecule has 1 aromatic carbocycles. The molecule has 0 saturated carbocycles. The number of fused-ring (bicyclic) bond motifs is 1. The van der Waals surface area contributed by atoms with E-state index < -0.39 is 28.1 Å². The van der Waals surface area contributed by atoms with Crippen LogP contribution in [0.5, 0.6) is 11.6 Å². The fourth-order valence-corrected chi connectivity index (χ4v) is 3.94. The molecule has 0 saturated heterocycles. The Morgan fingerprint density at radius 2 is 1.94 bits per heavy atom. The fourth-order valence-electron chi connectivity index (χ4n) is 3.35. The molecule has 3 heterocycles. The van der Waals surface area contributed by atoms with E-state index in [-0.39, 0.29) is 40.6 Å². The molecule has 0 N–H and O–H groups in total. The van der Waals surface area contributed by atoms with Crippen LogP contribution >= 0.6 is 0 Å². The third-order valence-corrected chi connectivity index (χ3v) is 5.63. The summed E-state index contributed by atoms with van der Waals surface area (Å²) in [7, 11) is -1.25. The number of nitrogens with zero attached hydrogens (tertiary/aromatic N) is 2. The summed E-state index contributed by atoms with van der Waals surface area (Å²) < 4.78 is 51.0. The van der Waals surface area contributed by atoms with Gasteiger partial charge in [0.1, 0.15) is 17.1 Å². The van der Waals surface area contributed by atoms with Crippen LogP contribution in [0.15, 0.2) is 58.0 Å². The van der Waals surface area contributed by atoms with Crippen molar-refractivity contribution in [3.05, 3.63) is 93.2 Å². The van der Waals surface area contributed by atoms with Gasteiger partial charge in [0, 0.05) is 52.9 Å². The standard InChI is InChI=1S/C23H18F2N2O4S/c1-13-16-6-5-15(30-22-18(24)4-3-8-27-22)11-20(16)31-23(28)17(13)10-14-7-9-26-19(21(14)25)12-32(2)29/h3-9,11H,10,12H2,1-2H3. The van der Waals surface area contributed by atoms with E-state index in [4.69, 9.17) is 9.15 Å². The third-order valence-electron chi connectivity index (χ3n) is 4.95. The van der Waals surface area contributed by atoms with Gasteiger partial charge in [0.2, 0.25) is 0 Å². The van der Waals surface area contributed by atoms with Gasteiger partial charge in [0.25, 0.3) is 5.88 Å². The SMILES string of the molecule is Cc1c(Cc2ccnc(CS(C)=O)c2F)c(=O)oc2cc(Oc3ncccc3F)ccc12. The van der Waals surface area contributed by atoms with Gasteiger partial charge < -0.3 is 9.15 Å². The molecule has 164 valence electrons. The van der Waals surface area contributed by atoms with Crippen LogP contribution in [-0.4, -0.2) is 20.4 Å². The average Bonchev–Trinajstić information content (AvgIpc) is 2.75. The Bertz CT molecular complexity index is 1400. The van der Waals surface area contributed by atoms with Crippen LogP contribution in [0.4, 0.5) is 8.78 Å². The summed E-state index contributed by atoms with van der Waals surface area (Å²) in [5, 5.41) is 0.637. The summed E-state index contributed by atoms with van der Waals surface area (Å²) in [4.78, 5) is 20.5. The fraction of sp³-hybridized carbons (Fsp3) is 0.174. The smallest absolute Gasteiger partial charge is 0.340 e. The van der Waals surface area contributed by atoms with Crippen LogP contribution in [0.25, 0.3) is 11.0 Å². The minimum absolute atomic E-state index is 0.000786. The lowest BCUT2D eigenvalue weighted by Crippen LogP contribution is -2.13. The van der Waals surface area contributed by atoms with Gasteiger partial charge in [-0.15, -0.1) is 0 Å². The first kappa shape index (κ1) is 21.8. The van der Waals surface area contributed by atoms with Gasteiger partial charge >= 0.3 is 5.63 Å². The first-order chi connectivity index (χ1) is 15.3. The van der Waals surface area contributed by atoms with Crippen LogP contribution in [-0.2, 0) is 23.0 Å². The van der Waals surface area contributed by atoms with E-state index >= 15 is 0 Å². The first-order valence-corrected chi connectivity index (χ1v) is 11.3. The molecule has 0 bridgehead atoms. The molecule has 9 heteroatoms. The van der Waals surface area contributed by atoms with E-state index in [0.717, 1.165) is 0 Å². The summed E-state index contributed by atoms with van der Waals surface area (Å²) in [5.74, 6) is -1.15. The monoisotopic (exact) mass is 456 g/mol. The Balaban J connectivity index is 1.70. The number of ether oxygens (including phenoxy) is 1. The highest BCUT2D eigenvalue weighted by atomic mass is 32.2. The number of aromatic nitrogens is 2. The summed E-state index contributed by atoms with van der Waals surface area (Å²) in [6.45, 7) is 1.74. The van der Waals surface area contributed by atoms with Crippen molar-refractivity contribution in [2.75, 3.05) is 6.26 Å². The molecule has 0 aliphatic rings.